The molecule has 0 saturated carbocycles. The number of carbonyl (C=O) groups is 2. The molecule has 0 heterocycles. The lowest BCUT2D eigenvalue weighted by Crippen LogP contribution is -2.39. The molecule has 0 aromatic heterocycles. The molecule has 0 bridgehead atoms. The Morgan fingerprint density at radius 2 is 1.94 bits per heavy atom. The Hall–Kier alpha value is -2.08. The van der Waals surface area contributed by atoms with Crippen molar-refractivity contribution in [2.75, 3.05) is 32.5 Å². The first-order valence-electron chi connectivity index (χ1n) is 5.53. The van der Waals surface area contributed by atoms with Crippen LogP contribution in [0.25, 0.3) is 0 Å². The van der Waals surface area contributed by atoms with Crippen LogP contribution in [0.2, 0.25) is 0 Å². The summed E-state index contributed by atoms with van der Waals surface area (Å²) in [6, 6.07) is 6.42. The van der Waals surface area contributed by atoms with Crippen molar-refractivity contribution in [3.63, 3.8) is 0 Å². The van der Waals surface area contributed by atoms with E-state index in [9.17, 15) is 9.59 Å². The summed E-state index contributed by atoms with van der Waals surface area (Å²) in [4.78, 5) is 24.5. The highest BCUT2D eigenvalue weighted by atomic mass is 16.3. The molecule has 0 unspecified atom stereocenters. The highest BCUT2D eigenvalue weighted by molar-refractivity contribution is 5.96. The van der Waals surface area contributed by atoms with Crippen LogP contribution in [0.15, 0.2) is 24.3 Å². The fourth-order valence-corrected chi connectivity index (χ4v) is 1.30. The second-order valence-electron chi connectivity index (χ2n) is 3.84. The van der Waals surface area contributed by atoms with Crippen molar-refractivity contribution in [2.45, 2.75) is 0 Å². The standard InChI is InChI=1S/C12H17N3O3/c1-15(6-7-16)11(17)8-14-12(18)9-2-4-10(13)5-3-9/h2-5,16H,6-8,13H2,1H3,(H,14,18). The molecule has 2 amide bonds. The molecular weight excluding hydrogens is 234 g/mol. The number of aliphatic hydroxyl groups is 1. The van der Waals surface area contributed by atoms with Crippen molar-refractivity contribution in [3.8, 4) is 0 Å². The van der Waals surface area contributed by atoms with Crippen LogP contribution in [-0.4, -0.2) is 48.6 Å². The van der Waals surface area contributed by atoms with Crippen LogP contribution in [-0.2, 0) is 4.79 Å². The third kappa shape index (κ3) is 4.06. The molecule has 0 radical (unpaired) electrons. The molecule has 0 spiro atoms. The van der Waals surface area contributed by atoms with E-state index in [-0.39, 0.29) is 31.5 Å². The number of amides is 2. The predicted molar refractivity (Wildman–Crippen MR) is 67.9 cm³/mol. The molecule has 0 aliphatic carbocycles. The normalized spacial score (nSPS) is 9.89. The van der Waals surface area contributed by atoms with Crippen LogP contribution in [0.5, 0.6) is 0 Å². The largest absolute Gasteiger partial charge is 0.399 e. The number of carbonyl (C=O) groups excluding carboxylic acids is 2. The van der Waals surface area contributed by atoms with Crippen molar-refractivity contribution in [3.05, 3.63) is 29.8 Å². The number of nitrogens with one attached hydrogen (secondary N) is 1. The zero-order chi connectivity index (χ0) is 13.5. The van der Waals surface area contributed by atoms with Gasteiger partial charge in [0.15, 0.2) is 0 Å². The minimum Gasteiger partial charge on any atom is -0.399 e. The lowest BCUT2D eigenvalue weighted by Gasteiger charge is -2.15. The summed E-state index contributed by atoms with van der Waals surface area (Å²) in [5, 5.41) is 11.2. The van der Waals surface area contributed by atoms with E-state index in [2.05, 4.69) is 5.32 Å². The van der Waals surface area contributed by atoms with E-state index in [4.69, 9.17) is 10.8 Å². The summed E-state index contributed by atoms with van der Waals surface area (Å²) in [6.45, 7) is 0.0461. The maximum atomic E-state index is 11.7. The number of nitrogens with zero attached hydrogens (tertiary/aromatic N) is 1. The number of nitrogen functional groups attached to an aromatic ring is 1. The summed E-state index contributed by atoms with van der Waals surface area (Å²) in [7, 11) is 1.56. The van der Waals surface area contributed by atoms with E-state index in [0.29, 0.717) is 11.3 Å². The third-order valence-corrected chi connectivity index (χ3v) is 2.43. The van der Waals surface area contributed by atoms with E-state index < -0.39 is 0 Å². The van der Waals surface area contributed by atoms with Gasteiger partial charge in [-0.1, -0.05) is 0 Å². The molecule has 6 heteroatoms. The fraction of sp³-hybridized carbons (Fsp3) is 0.333. The van der Waals surface area contributed by atoms with Gasteiger partial charge < -0.3 is 21.1 Å². The molecular formula is C12H17N3O3. The smallest absolute Gasteiger partial charge is 0.251 e. The van der Waals surface area contributed by atoms with Crippen molar-refractivity contribution in [1.82, 2.24) is 10.2 Å². The van der Waals surface area contributed by atoms with Gasteiger partial charge in [0.2, 0.25) is 5.91 Å². The van der Waals surface area contributed by atoms with Crippen LogP contribution in [0.1, 0.15) is 10.4 Å². The topological polar surface area (TPSA) is 95.7 Å². The summed E-state index contributed by atoms with van der Waals surface area (Å²) >= 11 is 0. The Kier molecular flexibility index (Phi) is 5.13. The number of aliphatic hydroxyl groups excluding tert-OH is 1. The number of likely N-dealkylation sites (N-methyl/N-ethyl adjacent to an activating group) is 1. The Morgan fingerprint density at radius 3 is 2.50 bits per heavy atom. The molecule has 0 atom stereocenters. The summed E-state index contributed by atoms with van der Waals surface area (Å²) in [6.07, 6.45) is 0. The molecule has 0 saturated heterocycles. The Morgan fingerprint density at radius 1 is 1.33 bits per heavy atom. The lowest BCUT2D eigenvalue weighted by molar-refractivity contribution is -0.129. The number of rotatable bonds is 5. The number of anilines is 1. The van der Waals surface area contributed by atoms with E-state index in [1.165, 1.54) is 4.90 Å². The Labute approximate surface area is 105 Å². The molecule has 1 rings (SSSR count). The first kappa shape index (κ1) is 14.0. The lowest BCUT2D eigenvalue weighted by atomic mass is 10.2. The van der Waals surface area contributed by atoms with Crippen LogP contribution in [0.3, 0.4) is 0 Å². The van der Waals surface area contributed by atoms with E-state index in [0.717, 1.165) is 0 Å². The predicted octanol–water partition coefficient (Wildman–Crippen LogP) is -0.551. The van der Waals surface area contributed by atoms with Gasteiger partial charge >= 0.3 is 0 Å². The first-order chi connectivity index (χ1) is 8.54. The van der Waals surface area contributed by atoms with Gasteiger partial charge in [0.25, 0.3) is 5.91 Å². The average molecular weight is 251 g/mol. The minimum atomic E-state index is -0.333. The molecule has 98 valence electrons. The summed E-state index contributed by atoms with van der Waals surface area (Å²) in [5.74, 6) is -0.589. The highest BCUT2D eigenvalue weighted by Gasteiger charge is 2.10. The number of nitrogens with two attached hydrogens (primary N) is 1. The van der Waals surface area contributed by atoms with Crippen molar-refractivity contribution in [1.29, 1.82) is 0 Å². The van der Waals surface area contributed by atoms with Gasteiger partial charge in [-0.3, -0.25) is 9.59 Å². The molecule has 4 N–H and O–H groups in total. The number of hydrogen-bond donors (Lipinski definition) is 3. The van der Waals surface area contributed by atoms with Crippen molar-refractivity contribution >= 4 is 17.5 Å². The fourth-order valence-electron chi connectivity index (χ4n) is 1.30. The zero-order valence-corrected chi connectivity index (χ0v) is 10.2. The molecule has 6 nitrogen and oxygen atoms in total. The van der Waals surface area contributed by atoms with E-state index in [1.54, 1.807) is 31.3 Å². The summed E-state index contributed by atoms with van der Waals surface area (Å²) in [5.41, 5.74) is 6.53. The van der Waals surface area contributed by atoms with Crippen LogP contribution >= 0.6 is 0 Å². The molecule has 1 aromatic carbocycles. The zero-order valence-electron chi connectivity index (χ0n) is 10.2. The SMILES string of the molecule is CN(CCO)C(=O)CNC(=O)c1ccc(N)cc1. The maximum absolute atomic E-state index is 11.7. The van der Waals surface area contributed by atoms with Gasteiger partial charge in [-0.2, -0.15) is 0 Å². The average Bonchev–Trinajstić information content (AvgIpc) is 2.36. The molecule has 1 aromatic rings. The maximum Gasteiger partial charge on any atom is 0.251 e. The number of hydrogen-bond acceptors (Lipinski definition) is 4. The van der Waals surface area contributed by atoms with Crippen molar-refractivity contribution in [2.24, 2.45) is 0 Å². The van der Waals surface area contributed by atoms with Crippen LogP contribution < -0.4 is 11.1 Å². The van der Waals surface area contributed by atoms with Gasteiger partial charge in [0.1, 0.15) is 0 Å². The van der Waals surface area contributed by atoms with E-state index >= 15 is 0 Å². The Bertz CT molecular complexity index is 417. The van der Waals surface area contributed by atoms with E-state index in [1.807, 2.05) is 0 Å². The van der Waals surface area contributed by atoms with Gasteiger partial charge in [0.05, 0.1) is 13.2 Å². The van der Waals surface area contributed by atoms with Crippen molar-refractivity contribution < 1.29 is 14.7 Å². The molecule has 0 aliphatic rings. The molecule has 0 aliphatic heterocycles. The Balaban J connectivity index is 2.46. The molecule has 18 heavy (non-hydrogen) atoms. The number of benzene rings is 1. The minimum absolute atomic E-state index is 0.0975. The molecule has 0 fully saturated rings. The highest BCUT2D eigenvalue weighted by Crippen LogP contribution is 2.04. The first-order valence-corrected chi connectivity index (χ1v) is 5.53. The quantitative estimate of drug-likeness (QED) is 0.612. The monoisotopic (exact) mass is 251 g/mol. The van der Waals surface area contributed by atoms with Crippen LogP contribution in [0, 0.1) is 0 Å². The second-order valence-corrected chi connectivity index (χ2v) is 3.84. The van der Waals surface area contributed by atoms with Gasteiger partial charge in [-0.05, 0) is 24.3 Å². The van der Waals surface area contributed by atoms with Gasteiger partial charge in [-0.25, -0.2) is 0 Å². The second kappa shape index (κ2) is 6.61. The third-order valence-electron chi connectivity index (χ3n) is 2.43. The summed E-state index contributed by atoms with van der Waals surface area (Å²) < 4.78 is 0. The van der Waals surface area contributed by atoms with Gasteiger partial charge in [0, 0.05) is 24.8 Å². The van der Waals surface area contributed by atoms with Crippen LogP contribution in [0.4, 0.5) is 5.69 Å². The van der Waals surface area contributed by atoms with Gasteiger partial charge in [-0.15, -0.1) is 0 Å².